The average molecular weight is 363 g/mol. The largest absolute Gasteiger partial charge is 0.507 e. The van der Waals surface area contributed by atoms with Gasteiger partial charge in [-0.25, -0.2) is 0 Å². The minimum atomic E-state index is -0.0201. The van der Waals surface area contributed by atoms with Crippen LogP contribution in [0.15, 0.2) is 41.4 Å². The number of hydrogen-bond donors (Lipinski definition) is 1. The Morgan fingerprint density at radius 2 is 1.78 bits per heavy atom. The maximum absolute atomic E-state index is 12.6. The Kier molecular flexibility index (Phi) is 4.49. The lowest BCUT2D eigenvalue weighted by Crippen LogP contribution is -2.47. The number of fused-ring (bicyclic) bond motifs is 1. The van der Waals surface area contributed by atoms with Crippen molar-refractivity contribution in [2.75, 3.05) is 33.2 Å². The number of nitrogens with zero attached hydrogens (tertiary/aromatic N) is 3. The second-order valence-electron chi connectivity index (χ2n) is 7.02. The summed E-state index contributed by atoms with van der Waals surface area (Å²) in [5.41, 5.74) is 4.17. The summed E-state index contributed by atoms with van der Waals surface area (Å²) in [7, 11) is 2.06. The van der Waals surface area contributed by atoms with Crippen molar-refractivity contribution in [3.63, 3.8) is 0 Å². The molecular formula is C21H21N3O3. The standard InChI is InChI=1S/C21H21N3O3/c1-23-8-10-24(11-9-23)21(27)15-4-2-14(3-5-15)19-12-16-17(13-25)20(26)7-6-18(16)22-19/h2-7,13,26H,8-12H2,1H3. The predicted molar refractivity (Wildman–Crippen MR) is 103 cm³/mol. The van der Waals surface area contributed by atoms with Crippen molar-refractivity contribution in [3.8, 4) is 5.75 Å². The van der Waals surface area contributed by atoms with Crippen LogP contribution < -0.4 is 0 Å². The van der Waals surface area contributed by atoms with Gasteiger partial charge in [-0.2, -0.15) is 0 Å². The Morgan fingerprint density at radius 1 is 1.07 bits per heavy atom. The number of aromatic hydroxyl groups is 1. The summed E-state index contributed by atoms with van der Waals surface area (Å²) in [4.78, 5) is 32.6. The number of amides is 1. The molecule has 2 aliphatic heterocycles. The maximum Gasteiger partial charge on any atom is 0.253 e. The maximum atomic E-state index is 12.6. The first-order valence-electron chi connectivity index (χ1n) is 9.02. The third-order valence-electron chi connectivity index (χ3n) is 5.28. The summed E-state index contributed by atoms with van der Waals surface area (Å²) < 4.78 is 0. The third-order valence-corrected chi connectivity index (χ3v) is 5.28. The van der Waals surface area contributed by atoms with Gasteiger partial charge in [0.05, 0.1) is 17.0 Å². The second kappa shape index (κ2) is 6.96. The molecule has 6 nitrogen and oxygen atoms in total. The number of carbonyl (C=O) groups is 2. The number of rotatable bonds is 3. The van der Waals surface area contributed by atoms with E-state index in [1.165, 1.54) is 6.07 Å². The van der Waals surface area contributed by atoms with E-state index in [0.717, 1.165) is 43.0 Å². The molecule has 0 aliphatic carbocycles. The van der Waals surface area contributed by atoms with Gasteiger partial charge in [-0.05, 0) is 42.4 Å². The van der Waals surface area contributed by atoms with E-state index in [-0.39, 0.29) is 11.7 Å². The highest BCUT2D eigenvalue weighted by Gasteiger charge is 2.23. The molecule has 0 radical (unpaired) electrons. The molecule has 1 fully saturated rings. The van der Waals surface area contributed by atoms with Gasteiger partial charge in [0.1, 0.15) is 5.75 Å². The van der Waals surface area contributed by atoms with Crippen LogP contribution in [0.1, 0.15) is 31.8 Å². The molecule has 1 saturated heterocycles. The van der Waals surface area contributed by atoms with Crippen molar-refractivity contribution in [1.29, 1.82) is 0 Å². The van der Waals surface area contributed by atoms with Crippen LogP contribution in [-0.4, -0.2) is 66.0 Å². The van der Waals surface area contributed by atoms with E-state index in [1.807, 2.05) is 29.2 Å². The van der Waals surface area contributed by atoms with Crippen LogP contribution in [0, 0.1) is 0 Å². The molecule has 0 unspecified atom stereocenters. The third kappa shape index (κ3) is 3.24. The normalized spacial score (nSPS) is 16.8. The number of likely N-dealkylation sites (N-methyl/N-ethyl adjacent to an activating group) is 1. The molecule has 0 spiro atoms. The monoisotopic (exact) mass is 363 g/mol. The van der Waals surface area contributed by atoms with Crippen LogP contribution in [0.25, 0.3) is 0 Å². The second-order valence-corrected chi connectivity index (χ2v) is 7.02. The van der Waals surface area contributed by atoms with Gasteiger partial charge in [-0.3, -0.25) is 14.6 Å². The van der Waals surface area contributed by atoms with Gasteiger partial charge in [0.15, 0.2) is 6.29 Å². The van der Waals surface area contributed by atoms with Gasteiger partial charge in [0.2, 0.25) is 0 Å². The quantitative estimate of drug-likeness (QED) is 0.849. The SMILES string of the molecule is CN1CCN(C(=O)c2ccc(C3=Nc4ccc(O)c(C=O)c4C3)cc2)CC1. The molecule has 2 aliphatic rings. The van der Waals surface area contributed by atoms with Gasteiger partial charge in [-0.1, -0.05) is 12.1 Å². The van der Waals surface area contributed by atoms with E-state index in [1.54, 1.807) is 6.07 Å². The highest BCUT2D eigenvalue weighted by atomic mass is 16.3. The van der Waals surface area contributed by atoms with Gasteiger partial charge < -0.3 is 14.9 Å². The van der Waals surface area contributed by atoms with E-state index < -0.39 is 0 Å². The lowest BCUT2D eigenvalue weighted by atomic mass is 9.99. The smallest absolute Gasteiger partial charge is 0.253 e. The molecule has 2 heterocycles. The summed E-state index contributed by atoms with van der Waals surface area (Å²) >= 11 is 0. The topological polar surface area (TPSA) is 73.2 Å². The minimum Gasteiger partial charge on any atom is -0.507 e. The van der Waals surface area contributed by atoms with Gasteiger partial charge >= 0.3 is 0 Å². The van der Waals surface area contributed by atoms with Crippen LogP contribution in [0.4, 0.5) is 5.69 Å². The highest BCUT2D eigenvalue weighted by molar-refractivity contribution is 6.08. The number of aldehydes is 1. The summed E-state index contributed by atoms with van der Waals surface area (Å²) in [5.74, 6) is 0.0350. The van der Waals surface area contributed by atoms with E-state index >= 15 is 0 Å². The van der Waals surface area contributed by atoms with Crippen LogP contribution in [-0.2, 0) is 6.42 Å². The number of phenolic OH excluding ortho intramolecular Hbond substituents is 1. The number of carbonyl (C=O) groups excluding carboxylic acids is 2. The predicted octanol–water partition coefficient (Wildman–Crippen LogP) is 2.27. The average Bonchev–Trinajstić information content (AvgIpc) is 3.12. The van der Waals surface area contributed by atoms with Crippen LogP contribution in [0.5, 0.6) is 5.75 Å². The zero-order valence-electron chi connectivity index (χ0n) is 15.2. The van der Waals surface area contributed by atoms with Gasteiger partial charge in [0.25, 0.3) is 5.91 Å². The fourth-order valence-corrected chi connectivity index (χ4v) is 3.58. The Morgan fingerprint density at radius 3 is 2.44 bits per heavy atom. The molecule has 6 heteroatoms. The summed E-state index contributed by atoms with van der Waals surface area (Å²) in [6.45, 7) is 3.28. The number of benzene rings is 2. The van der Waals surface area contributed by atoms with Crippen molar-refractivity contribution in [2.24, 2.45) is 4.99 Å². The number of hydrogen-bond acceptors (Lipinski definition) is 5. The lowest BCUT2D eigenvalue weighted by molar-refractivity contribution is 0.0664. The first kappa shape index (κ1) is 17.4. The molecule has 1 amide bonds. The Balaban J connectivity index is 1.52. The molecule has 0 aromatic heterocycles. The van der Waals surface area contributed by atoms with Gasteiger partial charge in [0, 0.05) is 38.2 Å². The molecule has 0 bridgehead atoms. The summed E-state index contributed by atoms with van der Waals surface area (Å²) in [6, 6.07) is 10.7. The lowest BCUT2D eigenvalue weighted by Gasteiger charge is -2.32. The Labute approximate surface area is 157 Å². The van der Waals surface area contributed by atoms with Crippen molar-refractivity contribution < 1.29 is 14.7 Å². The summed E-state index contributed by atoms with van der Waals surface area (Å²) in [6.07, 6.45) is 1.16. The Hall–Kier alpha value is -2.99. The first-order chi connectivity index (χ1) is 13.1. The van der Waals surface area contributed by atoms with E-state index in [0.29, 0.717) is 29.5 Å². The number of phenols is 1. The van der Waals surface area contributed by atoms with E-state index in [9.17, 15) is 14.7 Å². The van der Waals surface area contributed by atoms with E-state index in [2.05, 4.69) is 16.9 Å². The molecule has 2 aromatic carbocycles. The van der Waals surface area contributed by atoms with Crippen LogP contribution in [0.3, 0.4) is 0 Å². The van der Waals surface area contributed by atoms with Crippen molar-refractivity contribution in [3.05, 3.63) is 58.7 Å². The summed E-state index contributed by atoms with van der Waals surface area (Å²) in [5, 5.41) is 9.84. The Bertz CT molecular complexity index is 926. The van der Waals surface area contributed by atoms with Crippen LogP contribution >= 0.6 is 0 Å². The number of aliphatic imine (C=N–C) groups is 1. The molecule has 1 N–H and O–H groups in total. The molecular weight excluding hydrogens is 342 g/mol. The first-order valence-corrected chi connectivity index (χ1v) is 9.02. The van der Waals surface area contributed by atoms with Crippen molar-refractivity contribution in [1.82, 2.24) is 9.80 Å². The van der Waals surface area contributed by atoms with Crippen molar-refractivity contribution >= 4 is 23.6 Å². The van der Waals surface area contributed by atoms with E-state index in [4.69, 9.17) is 0 Å². The zero-order chi connectivity index (χ0) is 19.0. The molecule has 27 heavy (non-hydrogen) atoms. The fourth-order valence-electron chi connectivity index (χ4n) is 3.58. The minimum absolute atomic E-state index is 0.0201. The number of piperazine rings is 1. The van der Waals surface area contributed by atoms with Gasteiger partial charge in [-0.15, -0.1) is 0 Å². The van der Waals surface area contributed by atoms with Crippen LogP contribution in [0.2, 0.25) is 0 Å². The molecule has 4 rings (SSSR count). The molecule has 0 saturated carbocycles. The fraction of sp³-hybridized carbons (Fsp3) is 0.286. The highest BCUT2D eigenvalue weighted by Crippen LogP contribution is 2.35. The van der Waals surface area contributed by atoms with Crippen molar-refractivity contribution in [2.45, 2.75) is 6.42 Å². The zero-order valence-corrected chi connectivity index (χ0v) is 15.2. The molecule has 2 aromatic rings. The molecule has 0 atom stereocenters. The molecule has 138 valence electrons.